The molecule has 0 aliphatic carbocycles. The first kappa shape index (κ1) is 13.7. The first-order valence-electron chi connectivity index (χ1n) is 5.72. The number of hydrogen-bond acceptors (Lipinski definition) is 2. The molecule has 0 saturated carbocycles. The molecule has 0 aromatic rings. The van der Waals surface area contributed by atoms with Gasteiger partial charge in [-0.05, 0) is 20.3 Å². The molecule has 2 heteroatoms. The van der Waals surface area contributed by atoms with E-state index < -0.39 is 0 Å². The Kier molecular flexibility index (Phi) is 7.81. The van der Waals surface area contributed by atoms with Gasteiger partial charge in [0.15, 0.2) is 0 Å². The van der Waals surface area contributed by atoms with Gasteiger partial charge in [0.2, 0.25) is 0 Å². The maximum atomic E-state index is 6.05. The smallest absolute Gasteiger partial charge is 0.0168 e. The van der Waals surface area contributed by atoms with Gasteiger partial charge in [0.05, 0.1) is 0 Å². The largest absolute Gasteiger partial charge is 0.327 e. The number of rotatable bonds is 8. The Hall–Kier alpha value is -0.340. The highest BCUT2D eigenvalue weighted by molar-refractivity contribution is 4.78. The van der Waals surface area contributed by atoms with E-state index in [0.29, 0.717) is 12.1 Å². The zero-order valence-corrected chi connectivity index (χ0v) is 10.00. The molecule has 0 aromatic carbocycles. The summed E-state index contributed by atoms with van der Waals surface area (Å²) in [5.41, 5.74) is 6.05. The fourth-order valence-corrected chi connectivity index (χ4v) is 1.52. The summed E-state index contributed by atoms with van der Waals surface area (Å²) < 4.78 is 0. The standard InChI is InChI=1S/C12H26N2/c1-5-7-8-12(13)10-14(9-6-2)11(3)4/h6,11-12H,2,5,7-10,13H2,1,3-4H3. The van der Waals surface area contributed by atoms with Crippen LogP contribution in [0.25, 0.3) is 0 Å². The molecule has 2 nitrogen and oxygen atoms in total. The number of hydrogen-bond donors (Lipinski definition) is 1. The molecule has 1 atom stereocenters. The first-order chi connectivity index (χ1) is 6.61. The second-order valence-corrected chi connectivity index (χ2v) is 4.24. The maximum Gasteiger partial charge on any atom is 0.0168 e. The lowest BCUT2D eigenvalue weighted by atomic mass is 10.1. The lowest BCUT2D eigenvalue weighted by molar-refractivity contribution is 0.226. The van der Waals surface area contributed by atoms with Crippen molar-refractivity contribution in [2.24, 2.45) is 5.73 Å². The van der Waals surface area contributed by atoms with Crippen molar-refractivity contribution >= 4 is 0 Å². The van der Waals surface area contributed by atoms with Crippen molar-refractivity contribution in [3.05, 3.63) is 12.7 Å². The average Bonchev–Trinajstić information content (AvgIpc) is 2.14. The molecule has 14 heavy (non-hydrogen) atoms. The van der Waals surface area contributed by atoms with Gasteiger partial charge < -0.3 is 5.73 Å². The topological polar surface area (TPSA) is 29.3 Å². The Balaban J connectivity index is 3.82. The Morgan fingerprint density at radius 1 is 1.43 bits per heavy atom. The van der Waals surface area contributed by atoms with Crippen LogP contribution in [-0.2, 0) is 0 Å². The molecule has 0 aromatic heterocycles. The molecular weight excluding hydrogens is 172 g/mol. The van der Waals surface area contributed by atoms with Gasteiger partial charge in [-0.25, -0.2) is 0 Å². The summed E-state index contributed by atoms with van der Waals surface area (Å²) in [5, 5.41) is 0. The molecule has 0 rings (SSSR count). The fraction of sp³-hybridized carbons (Fsp3) is 0.833. The van der Waals surface area contributed by atoms with Gasteiger partial charge in [0.1, 0.15) is 0 Å². The van der Waals surface area contributed by atoms with E-state index in [2.05, 4.69) is 32.3 Å². The minimum absolute atomic E-state index is 0.317. The van der Waals surface area contributed by atoms with Crippen LogP contribution >= 0.6 is 0 Å². The molecule has 2 N–H and O–H groups in total. The molecule has 0 heterocycles. The van der Waals surface area contributed by atoms with Gasteiger partial charge in [-0.15, -0.1) is 6.58 Å². The Labute approximate surface area is 89.2 Å². The van der Waals surface area contributed by atoms with E-state index in [4.69, 9.17) is 5.73 Å². The third kappa shape index (κ3) is 6.17. The minimum atomic E-state index is 0.317. The van der Waals surface area contributed by atoms with E-state index in [-0.39, 0.29) is 0 Å². The van der Waals surface area contributed by atoms with Crippen LogP contribution in [0.1, 0.15) is 40.0 Å². The van der Waals surface area contributed by atoms with Gasteiger partial charge in [-0.2, -0.15) is 0 Å². The summed E-state index contributed by atoms with van der Waals surface area (Å²) in [6.45, 7) is 12.3. The predicted molar refractivity (Wildman–Crippen MR) is 64.4 cm³/mol. The van der Waals surface area contributed by atoms with E-state index >= 15 is 0 Å². The molecule has 0 bridgehead atoms. The minimum Gasteiger partial charge on any atom is -0.327 e. The van der Waals surface area contributed by atoms with Crippen LogP contribution in [0.4, 0.5) is 0 Å². The summed E-state index contributed by atoms with van der Waals surface area (Å²) >= 11 is 0. The highest BCUT2D eigenvalue weighted by atomic mass is 15.2. The van der Waals surface area contributed by atoms with E-state index in [1.807, 2.05) is 6.08 Å². The molecule has 1 unspecified atom stereocenters. The first-order valence-corrected chi connectivity index (χ1v) is 5.72. The molecule has 0 aliphatic rings. The quantitative estimate of drug-likeness (QED) is 0.607. The summed E-state index contributed by atoms with van der Waals surface area (Å²) in [5.74, 6) is 0. The Morgan fingerprint density at radius 2 is 2.07 bits per heavy atom. The molecule has 0 amide bonds. The zero-order valence-electron chi connectivity index (χ0n) is 10.00. The number of unbranched alkanes of at least 4 members (excludes halogenated alkanes) is 1. The molecular formula is C12H26N2. The van der Waals surface area contributed by atoms with Gasteiger partial charge >= 0.3 is 0 Å². The monoisotopic (exact) mass is 198 g/mol. The van der Waals surface area contributed by atoms with Crippen LogP contribution < -0.4 is 5.73 Å². The van der Waals surface area contributed by atoms with E-state index in [0.717, 1.165) is 19.5 Å². The summed E-state index contributed by atoms with van der Waals surface area (Å²) in [4.78, 5) is 2.37. The second kappa shape index (κ2) is 8.01. The summed E-state index contributed by atoms with van der Waals surface area (Å²) in [7, 11) is 0. The van der Waals surface area contributed by atoms with Crippen LogP contribution in [-0.4, -0.2) is 30.1 Å². The predicted octanol–water partition coefficient (Wildman–Crippen LogP) is 2.40. The molecule has 0 saturated heterocycles. The molecule has 0 spiro atoms. The van der Waals surface area contributed by atoms with E-state index in [1.54, 1.807) is 0 Å². The van der Waals surface area contributed by atoms with Crippen molar-refractivity contribution in [2.45, 2.75) is 52.1 Å². The van der Waals surface area contributed by atoms with Crippen LogP contribution in [0.5, 0.6) is 0 Å². The van der Waals surface area contributed by atoms with Crippen LogP contribution in [0.15, 0.2) is 12.7 Å². The van der Waals surface area contributed by atoms with E-state index in [9.17, 15) is 0 Å². The Bertz CT molecular complexity index is 143. The van der Waals surface area contributed by atoms with Crippen molar-refractivity contribution < 1.29 is 0 Å². The highest BCUT2D eigenvalue weighted by Gasteiger charge is 2.11. The van der Waals surface area contributed by atoms with Crippen molar-refractivity contribution in [2.75, 3.05) is 13.1 Å². The lowest BCUT2D eigenvalue weighted by Gasteiger charge is -2.28. The van der Waals surface area contributed by atoms with Crippen LogP contribution in [0.3, 0.4) is 0 Å². The van der Waals surface area contributed by atoms with Crippen molar-refractivity contribution in [3.8, 4) is 0 Å². The van der Waals surface area contributed by atoms with Gasteiger partial charge in [-0.1, -0.05) is 25.8 Å². The van der Waals surface area contributed by atoms with Crippen molar-refractivity contribution in [1.82, 2.24) is 4.90 Å². The Morgan fingerprint density at radius 3 is 2.50 bits per heavy atom. The fourth-order valence-electron chi connectivity index (χ4n) is 1.52. The molecule has 84 valence electrons. The van der Waals surface area contributed by atoms with Gasteiger partial charge in [-0.3, -0.25) is 4.90 Å². The van der Waals surface area contributed by atoms with Crippen molar-refractivity contribution in [1.29, 1.82) is 0 Å². The maximum absolute atomic E-state index is 6.05. The summed E-state index contributed by atoms with van der Waals surface area (Å²) in [6, 6.07) is 0.873. The van der Waals surface area contributed by atoms with Gasteiger partial charge in [0.25, 0.3) is 0 Å². The van der Waals surface area contributed by atoms with E-state index in [1.165, 1.54) is 12.8 Å². The molecule has 0 radical (unpaired) electrons. The number of nitrogens with zero attached hydrogens (tertiary/aromatic N) is 1. The van der Waals surface area contributed by atoms with Crippen molar-refractivity contribution in [3.63, 3.8) is 0 Å². The molecule has 0 aliphatic heterocycles. The SMILES string of the molecule is C=CCN(CC(N)CCCC)C(C)C. The van der Waals surface area contributed by atoms with Gasteiger partial charge in [0, 0.05) is 25.2 Å². The number of nitrogens with two attached hydrogens (primary N) is 1. The van der Waals surface area contributed by atoms with Crippen LogP contribution in [0.2, 0.25) is 0 Å². The normalized spacial score (nSPS) is 13.6. The summed E-state index contributed by atoms with van der Waals surface area (Å²) in [6.07, 6.45) is 5.56. The average molecular weight is 198 g/mol. The third-order valence-electron chi connectivity index (χ3n) is 2.49. The molecule has 0 fully saturated rings. The van der Waals surface area contributed by atoms with Crippen LogP contribution in [0, 0.1) is 0 Å². The third-order valence-corrected chi connectivity index (χ3v) is 2.49. The zero-order chi connectivity index (χ0) is 11.0. The highest BCUT2D eigenvalue weighted by Crippen LogP contribution is 2.04. The second-order valence-electron chi connectivity index (χ2n) is 4.24. The lowest BCUT2D eigenvalue weighted by Crippen LogP contribution is -2.41.